The summed E-state index contributed by atoms with van der Waals surface area (Å²) < 4.78 is 0. The minimum absolute atomic E-state index is 0.731. The predicted octanol–water partition coefficient (Wildman–Crippen LogP) is 16.1. The maximum absolute atomic E-state index is 4.39. The second kappa shape index (κ2) is 19.1. The van der Waals surface area contributed by atoms with Crippen LogP contribution in [0.25, 0.3) is 44.5 Å². The summed E-state index contributed by atoms with van der Waals surface area (Å²) >= 11 is 0. The molecule has 288 valence electrons. The normalized spacial score (nSPS) is 11.5. The van der Waals surface area contributed by atoms with Crippen LogP contribution in [-0.4, -0.2) is 0 Å². The van der Waals surface area contributed by atoms with E-state index >= 15 is 0 Å². The summed E-state index contributed by atoms with van der Waals surface area (Å²) in [5, 5.41) is 0. The Morgan fingerprint density at radius 2 is 0.915 bits per heavy atom. The van der Waals surface area contributed by atoms with E-state index in [1.54, 1.807) is 6.08 Å². The van der Waals surface area contributed by atoms with Gasteiger partial charge in [-0.1, -0.05) is 171 Å². The minimum Gasteiger partial charge on any atom is -0.315 e. The third kappa shape index (κ3) is 9.42. The monoisotopic (exact) mass is 762 g/mol. The molecule has 0 bridgehead atoms. The number of hydrogen-bond donors (Lipinski definition) is 0. The van der Waals surface area contributed by atoms with Gasteiger partial charge in [-0.05, 0) is 131 Å². The molecule has 0 radical (unpaired) electrons. The Morgan fingerprint density at radius 1 is 0.508 bits per heavy atom. The maximum atomic E-state index is 4.39. The molecular weight excluding hydrogens is 713 g/mol. The van der Waals surface area contributed by atoms with Crippen LogP contribution >= 0.6 is 0 Å². The molecule has 0 aromatic heterocycles. The van der Waals surface area contributed by atoms with E-state index in [2.05, 4.69) is 218 Å². The van der Waals surface area contributed by atoms with Crippen LogP contribution in [0.2, 0.25) is 0 Å². The largest absolute Gasteiger partial charge is 0.315 e. The number of anilines is 4. The van der Waals surface area contributed by atoms with Crippen molar-refractivity contribution in [2.24, 2.45) is 0 Å². The molecule has 0 N–H and O–H groups in total. The summed E-state index contributed by atoms with van der Waals surface area (Å²) in [6.07, 6.45) is 14.5. The molecule has 0 saturated carbocycles. The van der Waals surface area contributed by atoms with Gasteiger partial charge in [0.2, 0.25) is 0 Å². The van der Waals surface area contributed by atoms with Gasteiger partial charge >= 0.3 is 0 Å². The highest BCUT2D eigenvalue weighted by Gasteiger charge is 2.17. The van der Waals surface area contributed by atoms with Gasteiger partial charge in [0.1, 0.15) is 0 Å². The van der Waals surface area contributed by atoms with E-state index in [4.69, 9.17) is 0 Å². The van der Waals surface area contributed by atoms with Crippen LogP contribution in [0.1, 0.15) is 19.4 Å². The fourth-order valence-corrected chi connectivity index (χ4v) is 7.46. The summed E-state index contributed by atoms with van der Waals surface area (Å²) in [6, 6.07) is 63.1. The van der Waals surface area contributed by atoms with Crippen molar-refractivity contribution in [3.05, 3.63) is 255 Å². The van der Waals surface area contributed by atoms with Crippen molar-refractivity contribution in [3.63, 3.8) is 0 Å². The molecule has 7 aromatic rings. The molecule has 0 fully saturated rings. The van der Waals surface area contributed by atoms with Gasteiger partial charge in [-0.15, -0.1) is 6.58 Å². The van der Waals surface area contributed by atoms with Crippen molar-refractivity contribution < 1.29 is 0 Å². The van der Waals surface area contributed by atoms with Gasteiger partial charge in [0.05, 0.1) is 0 Å². The molecule has 0 saturated heterocycles. The maximum Gasteiger partial charge on any atom is 0.0493 e. The van der Waals surface area contributed by atoms with E-state index in [9.17, 15) is 0 Å². The van der Waals surface area contributed by atoms with Gasteiger partial charge in [0.25, 0.3) is 0 Å². The fourth-order valence-electron chi connectivity index (χ4n) is 7.46. The summed E-state index contributed by atoms with van der Waals surface area (Å²) in [5.74, 6) is 0. The summed E-state index contributed by atoms with van der Waals surface area (Å²) in [4.78, 5) is 4.52. The van der Waals surface area contributed by atoms with Crippen LogP contribution in [0.3, 0.4) is 0 Å². The van der Waals surface area contributed by atoms with Gasteiger partial charge in [-0.3, -0.25) is 0 Å². The molecule has 0 aliphatic rings. The number of hydrogen-bond acceptors (Lipinski definition) is 2. The number of allylic oxidation sites excluding steroid dienone is 8. The molecule has 7 rings (SSSR count). The van der Waals surface area contributed by atoms with Crippen LogP contribution in [-0.2, 0) is 6.42 Å². The third-order valence-corrected chi connectivity index (χ3v) is 10.4. The molecule has 0 aliphatic carbocycles. The van der Waals surface area contributed by atoms with E-state index in [0.717, 1.165) is 62.8 Å². The average molecular weight is 763 g/mol. The van der Waals surface area contributed by atoms with Crippen LogP contribution < -0.4 is 9.80 Å². The van der Waals surface area contributed by atoms with Crippen LogP contribution in [0, 0.1) is 0 Å². The van der Waals surface area contributed by atoms with Crippen molar-refractivity contribution >= 4 is 22.7 Å². The number of benzene rings is 7. The Hall–Kier alpha value is -7.42. The highest BCUT2D eigenvalue weighted by molar-refractivity contribution is 5.82. The second-order valence-electron chi connectivity index (χ2n) is 14.4. The molecular formula is C57H50N2. The third-order valence-electron chi connectivity index (χ3n) is 10.4. The molecule has 0 unspecified atom stereocenters. The molecule has 59 heavy (non-hydrogen) atoms. The van der Waals surface area contributed by atoms with Crippen molar-refractivity contribution in [3.8, 4) is 44.5 Å². The molecule has 0 aliphatic heterocycles. The van der Waals surface area contributed by atoms with Gasteiger partial charge < -0.3 is 9.80 Å². The number of rotatable bonds is 15. The second-order valence-corrected chi connectivity index (χ2v) is 14.4. The Bertz CT molecular complexity index is 2510. The highest BCUT2D eigenvalue weighted by atomic mass is 15.2. The smallest absolute Gasteiger partial charge is 0.0493 e. The molecule has 0 heterocycles. The van der Waals surface area contributed by atoms with Gasteiger partial charge in [-0.25, -0.2) is 0 Å². The van der Waals surface area contributed by atoms with Crippen LogP contribution in [0.5, 0.6) is 0 Å². The summed E-state index contributed by atoms with van der Waals surface area (Å²) in [5.41, 5.74) is 16.9. The van der Waals surface area contributed by atoms with E-state index in [0.29, 0.717) is 0 Å². The van der Waals surface area contributed by atoms with Crippen molar-refractivity contribution in [1.82, 2.24) is 0 Å². The van der Waals surface area contributed by atoms with E-state index in [1.165, 1.54) is 27.8 Å². The number of nitrogens with zero attached hydrogens (tertiary/aromatic N) is 2. The van der Waals surface area contributed by atoms with Gasteiger partial charge in [-0.2, -0.15) is 0 Å². The Labute approximate surface area is 351 Å². The average Bonchev–Trinajstić information content (AvgIpc) is 3.29. The first kappa shape index (κ1) is 39.8. The standard InChI is InChI=1S/C57H50N2/c1-6-9-12-19-44(5)58(43(4)17-7-2)57-41-34-52(42-53(57)18-8-3)51-26-24-47(25-27-51)50-32-39-56(40-33-50)59(54-35-28-48(29-36-54)45-20-13-10-14-21-45)55-37-30-49(31-38-55)46-22-15-11-16-23-46/h6-17,19-42H,1,3-4,18H2,2,5H3/b12-9-,17-7-,44-19+. The van der Waals surface area contributed by atoms with Crippen molar-refractivity contribution in [2.75, 3.05) is 9.80 Å². The first-order valence-corrected chi connectivity index (χ1v) is 20.1. The SMILES string of the molecule is C=C/C=C\C=C(/C)N(C(=C)/C=C\C)c1ccc(-c2ccc(-c3ccc(N(c4ccc(-c5ccccc5)cc4)c4ccc(-c5ccccc5)cc4)cc3)cc2)cc1CC=C. The predicted molar refractivity (Wildman–Crippen MR) is 256 cm³/mol. The first-order valence-electron chi connectivity index (χ1n) is 20.1. The van der Waals surface area contributed by atoms with E-state index in [1.807, 2.05) is 37.3 Å². The Kier molecular flexibility index (Phi) is 12.9. The molecule has 2 nitrogen and oxygen atoms in total. The zero-order chi connectivity index (χ0) is 41.0. The lowest BCUT2D eigenvalue weighted by Crippen LogP contribution is -2.20. The van der Waals surface area contributed by atoms with Gasteiger partial charge in [0, 0.05) is 34.1 Å². The Morgan fingerprint density at radius 3 is 1.34 bits per heavy atom. The highest BCUT2D eigenvalue weighted by Crippen LogP contribution is 2.38. The molecule has 0 atom stereocenters. The minimum atomic E-state index is 0.731. The topological polar surface area (TPSA) is 6.48 Å². The van der Waals surface area contributed by atoms with Gasteiger partial charge in [0.15, 0.2) is 0 Å². The lowest BCUT2D eigenvalue weighted by molar-refractivity contribution is 1.08. The Balaban J connectivity index is 1.17. The van der Waals surface area contributed by atoms with E-state index in [-0.39, 0.29) is 0 Å². The van der Waals surface area contributed by atoms with Crippen molar-refractivity contribution in [1.29, 1.82) is 0 Å². The summed E-state index contributed by atoms with van der Waals surface area (Å²) in [7, 11) is 0. The zero-order valence-corrected chi connectivity index (χ0v) is 34.0. The van der Waals surface area contributed by atoms with Crippen LogP contribution in [0.15, 0.2) is 250 Å². The fraction of sp³-hybridized carbons (Fsp3) is 0.0526. The van der Waals surface area contributed by atoms with Crippen molar-refractivity contribution in [2.45, 2.75) is 20.3 Å². The molecule has 0 spiro atoms. The van der Waals surface area contributed by atoms with Crippen LogP contribution in [0.4, 0.5) is 22.7 Å². The molecule has 0 amide bonds. The first-order chi connectivity index (χ1) is 29.0. The molecule has 2 heteroatoms. The lowest BCUT2D eigenvalue weighted by atomic mass is 9.96. The lowest BCUT2D eigenvalue weighted by Gasteiger charge is -2.28. The zero-order valence-electron chi connectivity index (χ0n) is 34.0. The van der Waals surface area contributed by atoms with E-state index < -0.39 is 0 Å². The molecule has 7 aromatic carbocycles. The summed E-state index contributed by atoms with van der Waals surface area (Å²) in [6.45, 7) is 16.4. The quantitative estimate of drug-likeness (QED) is 0.0758.